The highest BCUT2D eigenvalue weighted by Crippen LogP contribution is 2.37. The minimum atomic E-state index is -0.690. The Morgan fingerprint density at radius 2 is 1.97 bits per heavy atom. The average molecular weight is 432 g/mol. The number of aryl methyl sites for hydroxylation is 1. The van der Waals surface area contributed by atoms with Crippen LogP contribution in [-0.2, 0) is 11.2 Å². The number of H-pyrrole nitrogens is 1. The summed E-state index contributed by atoms with van der Waals surface area (Å²) in [4.78, 5) is 32.6. The lowest BCUT2D eigenvalue weighted by atomic mass is 9.73. The number of hydrogen-bond acceptors (Lipinski definition) is 4. The molecule has 0 radical (unpaired) electrons. The Labute approximate surface area is 188 Å². The van der Waals surface area contributed by atoms with Gasteiger partial charge in [0, 0.05) is 37.7 Å². The molecule has 1 aromatic carbocycles. The third-order valence-electron chi connectivity index (χ3n) is 6.28. The molecule has 32 heavy (non-hydrogen) atoms. The maximum Gasteiger partial charge on any atom is 0.257 e. The lowest BCUT2D eigenvalue weighted by Crippen LogP contribution is -2.54. The van der Waals surface area contributed by atoms with Crippen LogP contribution in [-0.4, -0.2) is 51.5 Å². The normalized spacial score (nSPS) is 18.4. The van der Waals surface area contributed by atoms with Crippen molar-refractivity contribution in [1.29, 1.82) is 0 Å². The van der Waals surface area contributed by atoms with Crippen molar-refractivity contribution < 1.29 is 9.59 Å². The lowest BCUT2D eigenvalue weighted by molar-refractivity contribution is -0.133. The highest BCUT2D eigenvalue weighted by molar-refractivity contribution is 5.96. The van der Waals surface area contributed by atoms with Gasteiger partial charge in [-0.25, -0.2) is 0 Å². The molecule has 2 amide bonds. The summed E-state index contributed by atoms with van der Waals surface area (Å²) < 4.78 is 0. The summed E-state index contributed by atoms with van der Waals surface area (Å²) in [6.45, 7) is 5.34. The summed E-state index contributed by atoms with van der Waals surface area (Å²) in [6, 6.07) is 12.1. The molecular weight excluding hydrogens is 402 g/mol. The van der Waals surface area contributed by atoms with Gasteiger partial charge < -0.3 is 10.2 Å². The van der Waals surface area contributed by atoms with Crippen molar-refractivity contribution in [1.82, 2.24) is 25.4 Å². The number of nitrogens with one attached hydrogen (secondary N) is 2. The SMILES string of the molecule is CCNC(=O)C1(Cc2ccccc2-c2ccncc2)CCCN(C(=O)c2cn[nH]c2C)C1. The number of carbonyl (C=O) groups excluding carboxylic acids is 2. The zero-order valence-corrected chi connectivity index (χ0v) is 18.6. The first-order valence-corrected chi connectivity index (χ1v) is 11.1. The molecule has 0 saturated carbocycles. The molecule has 1 atom stereocenters. The summed E-state index contributed by atoms with van der Waals surface area (Å²) in [5.41, 5.74) is 3.87. The number of pyridine rings is 1. The van der Waals surface area contributed by atoms with Gasteiger partial charge in [0.25, 0.3) is 5.91 Å². The van der Waals surface area contributed by atoms with Crippen molar-refractivity contribution in [2.45, 2.75) is 33.1 Å². The van der Waals surface area contributed by atoms with Crippen molar-refractivity contribution >= 4 is 11.8 Å². The van der Waals surface area contributed by atoms with Crippen molar-refractivity contribution in [3.05, 3.63) is 71.8 Å². The van der Waals surface area contributed by atoms with Gasteiger partial charge in [-0.15, -0.1) is 0 Å². The van der Waals surface area contributed by atoms with Gasteiger partial charge in [-0.2, -0.15) is 5.10 Å². The van der Waals surface area contributed by atoms with E-state index in [0.29, 0.717) is 31.6 Å². The zero-order valence-electron chi connectivity index (χ0n) is 18.6. The maximum atomic E-state index is 13.4. The monoisotopic (exact) mass is 431 g/mol. The predicted molar refractivity (Wildman–Crippen MR) is 123 cm³/mol. The minimum Gasteiger partial charge on any atom is -0.356 e. The first-order valence-electron chi connectivity index (χ1n) is 11.1. The molecule has 1 fully saturated rings. The Morgan fingerprint density at radius 3 is 2.69 bits per heavy atom. The van der Waals surface area contributed by atoms with E-state index in [1.807, 2.05) is 43.0 Å². The third kappa shape index (κ3) is 4.28. The Kier molecular flexibility index (Phi) is 6.35. The first kappa shape index (κ1) is 21.7. The van der Waals surface area contributed by atoms with E-state index in [1.54, 1.807) is 18.6 Å². The van der Waals surface area contributed by atoms with E-state index >= 15 is 0 Å². The van der Waals surface area contributed by atoms with E-state index in [2.05, 4.69) is 32.6 Å². The molecule has 1 aliphatic rings. The van der Waals surface area contributed by atoms with Gasteiger partial charge in [-0.05, 0) is 61.9 Å². The van der Waals surface area contributed by atoms with Crippen molar-refractivity contribution in [3.8, 4) is 11.1 Å². The highest BCUT2D eigenvalue weighted by atomic mass is 16.2. The standard InChI is InChI=1S/C25H29N5O2/c1-3-27-24(32)25(11-6-14-30(17-25)23(31)22-16-28-29-18(22)2)15-20-7-4-5-8-21(20)19-9-12-26-13-10-19/h4-5,7-10,12-13,16H,3,6,11,14-15,17H2,1-2H3,(H,27,32)(H,28,29). The number of carbonyl (C=O) groups is 2. The first-order chi connectivity index (χ1) is 15.5. The Bertz CT molecular complexity index is 1090. The van der Waals surface area contributed by atoms with Crippen LogP contribution >= 0.6 is 0 Å². The van der Waals surface area contributed by atoms with Gasteiger partial charge in [0.15, 0.2) is 0 Å². The number of rotatable bonds is 6. The van der Waals surface area contributed by atoms with Crippen molar-refractivity contribution in [3.63, 3.8) is 0 Å². The zero-order chi connectivity index (χ0) is 22.6. The number of hydrogen-bond donors (Lipinski definition) is 2. The Balaban J connectivity index is 1.69. The molecule has 1 aliphatic heterocycles. The van der Waals surface area contributed by atoms with Crippen molar-refractivity contribution in [2.24, 2.45) is 5.41 Å². The summed E-state index contributed by atoms with van der Waals surface area (Å²) in [7, 11) is 0. The second kappa shape index (κ2) is 9.34. The molecule has 3 aromatic rings. The molecule has 3 heterocycles. The molecule has 0 aliphatic carbocycles. The van der Waals surface area contributed by atoms with E-state index in [9.17, 15) is 9.59 Å². The van der Waals surface area contributed by atoms with E-state index in [0.717, 1.165) is 35.2 Å². The molecule has 166 valence electrons. The molecule has 0 bridgehead atoms. The molecule has 4 rings (SSSR count). The van der Waals surface area contributed by atoms with Crippen LogP contribution in [0.4, 0.5) is 0 Å². The number of amides is 2. The third-order valence-corrected chi connectivity index (χ3v) is 6.28. The summed E-state index contributed by atoms with van der Waals surface area (Å²) in [5.74, 6) is -0.0713. The number of benzene rings is 1. The van der Waals surface area contributed by atoms with Crippen LogP contribution in [0.25, 0.3) is 11.1 Å². The number of aromatic nitrogens is 3. The second-order valence-corrected chi connectivity index (χ2v) is 8.45. The number of likely N-dealkylation sites (tertiary alicyclic amines) is 1. The molecule has 1 saturated heterocycles. The molecule has 2 N–H and O–H groups in total. The second-order valence-electron chi connectivity index (χ2n) is 8.45. The average Bonchev–Trinajstić information content (AvgIpc) is 3.25. The van der Waals surface area contributed by atoms with Crippen LogP contribution in [0.2, 0.25) is 0 Å². The molecule has 0 spiro atoms. The summed E-state index contributed by atoms with van der Waals surface area (Å²) in [6.07, 6.45) is 7.19. The van der Waals surface area contributed by atoms with Crippen LogP contribution in [0.1, 0.15) is 41.4 Å². The van der Waals surface area contributed by atoms with E-state index in [1.165, 1.54) is 0 Å². The van der Waals surface area contributed by atoms with E-state index in [-0.39, 0.29) is 11.8 Å². The number of aromatic amines is 1. The largest absolute Gasteiger partial charge is 0.356 e. The summed E-state index contributed by atoms with van der Waals surface area (Å²) in [5, 5.41) is 9.87. The van der Waals surface area contributed by atoms with Gasteiger partial charge in [-0.1, -0.05) is 24.3 Å². The highest BCUT2D eigenvalue weighted by Gasteiger charge is 2.44. The van der Waals surface area contributed by atoms with E-state index < -0.39 is 5.41 Å². The molecule has 7 heteroatoms. The number of nitrogens with zero attached hydrogens (tertiary/aromatic N) is 3. The quantitative estimate of drug-likeness (QED) is 0.626. The minimum absolute atomic E-state index is 0.00551. The van der Waals surface area contributed by atoms with Gasteiger partial charge in [0.2, 0.25) is 5.91 Å². The molecular formula is C25H29N5O2. The Hall–Kier alpha value is -3.48. The molecule has 1 unspecified atom stereocenters. The topological polar surface area (TPSA) is 91.0 Å². The smallest absolute Gasteiger partial charge is 0.257 e. The van der Waals surface area contributed by atoms with Crippen LogP contribution in [0.15, 0.2) is 55.0 Å². The van der Waals surface area contributed by atoms with Crippen LogP contribution < -0.4 is 5.32 Å². The van der Waals surface area contributed by atoms with Gasteiger partial charge >= 0.3 is 0 Å². The van der Waals surface area contributed by atoms with Crippen LogP contribution in [0.3, 0.4) is 0 Å². The number of piperidine rings is 1. The van der Waals surface area contributed by atoms with Crippen LogP contribution in [0, 0.1) is 12.3 Å². The fourth-order valence-corrected chi connectivity index (χ4v) is 4.65. The van der Waals surface area contributed by atoms with Gasteiger partial charge in [0.05, 0.1) is 17.2 Å². The van der Waals surface area contributed by atoms with Gasteiger partial charge in [0.1, 0.15) is 0 Å². The van der Waals surface area contributed by atoms with Crippen molar-refractivity contribution in [2.75, 3.05) is 19.6 Å². The summed E-state index contributed by atoms with van der Waals surface area (Å²) >= 11 is 0. The molecule has 7 nitrogen and oxygen atoms in total. The lowest BCUT2D eigenvalue weighted by Gasteiger charge is -2.42. The maximum absolute atomic E-state index is 13.4. The van der Waals surface area contributed by atoms with Gasteiger partial charge in [-0.3, -0.25) is 19.7 Å². The van der Waals surface area contributed by atoms with Crippen LogP contribution in [0.5, 0.6) is 0 Å². The Morgan fingerprint density at radius 1 is 1.19 bits per heavy atom. The van der Waals surface area contributed by atoms with E-state index in [4.69, 9.17) is 0 Å². The fraction of sp³-hybridized carbons (Fsp3) is 0.360. The fourth-order valence-electron chi connectivity index (χ4n) is 4.65. The molecule has 2 aromatic heterocycles. The predicted octanol–water partition coefficient (Wildman–Crippen LogP) is 3.38.